The number of carbonyl (C=O) groups excluding carboxylic acids is 4. The zero-order chi connectivity index (χ0) is 14.6. The van der Waals surface area contributed by atoms with Crippen LogP contribution in [0.15, 0.2) is 12.1 Å². The Hall–Kier alpha value is -2.50. The van der Waals surface area contributed by atoms with Crippen molar-refractivity contribution in [2.45, 2.75) is 26.7 Å². The van der Waals surface area contributed by atoms with Gasteiger partial charge in [-0.1, -0.05) is 6.07 Å². The van der Waals surface area contributed by atoms with E-state index in [1.54, 1.807) is 12.1 Å². The number of nitrogens with zero attached hydrogens (tertiary/aromatic N) is 2. The van der Waals surface area contributed by atoms with Gasteiger partial charge in [-0.2, -0.15) is 0 Å². The predicted octanol–water partition coefficient (Wildman–Crippen LogP) is 0.558. The molecule has 2 aliphatic rings. The largest absolute Gasteiger partial charge is 0.274 e. The third-order valence-electron chi connectivity index (χ3n) is 3.57. The monoisotopic (exact) mass is 272 g/mol. The van der Waals surface area contributed by atoms with Gasteiger partial charge in [-0.05, 0) is 17.2 Å². The fourth-order valence-electron chi connectivity index (χ4n) is 2.82. The highest BCUT2D eigenvalue weighted by Crippen LogP contribution is 2.39. The first-order valence-corrected chi connectivity index (χ1v) is 6.23. The van der Waals surface area contributed by atoms with Gasteiger partial charge in [-0.15, -0.1) is 0 Å². The molecule has 0 bridgehead atoms. The summed E-state index contributed by atoms with van der Waals surface area (Å²) in [7, 11) is 0. The van der Waals surface area contributed by atoms with Crippen LogP contribution in [-0.4, -0.2) is 23.6 Å². The molecule has 0 aromatic heterocycles. The summed E-state index contributed by atoms with van der Waals surface area (Å²) in [4.78, 5) is 49.0. The van der Waals surface area contributed by atoms with E-state index in [0.717, 1.165) is 20.9 Å². The highest BCUT2D eigenvalue weighted by molar-refractivity contribution is 6.22. The Morgan fingerprint density at radius 3 is 1.60 bits per heavy atom. The maximum absolute atomic E-state index is 11.8. The number of hydrogen-bond donors (Lipinski definition) is 0. The van der Waals surface area contributed by atoms with Crippen LogP contribution in [0.3, 0.4) is 0 Å². The lowest BCUT2D eigenvalue weighted by Crippen LogP contribution is -2.32. The van der Waals surface area contributed by atoms with E-state index in [4.69, 9.17) is 0 Å². The topological polar surface area (TPSA) is 74.8 Å². The fourth-order valence-corrected chi connectivity index (χ4v) is 2.82. The molecule has 0 spiro atoms. The molecule has 0 fully saturated rings. The Morgan fingerprint density at radius 1 is 0.850 bits per heavy atom. The van der Waals surface area contributed by atoms with E-state index < -0.39 is 0 Å². The molecule has 102 valence electrons. The first-order valence-electron chi connectivity index (χ1n) is 6.23. The van der Waals surface area contributed by atoms with Crippen LogP contribution in [0.25, 0.3) is 0 Å². The Kier molecular flexibility index (Phi) is 2.50. The number of benzene rings is 1. The van der Waals surface area contributed by atoms with Gasteiger partial charge in [0.1, 0.15) is 0 Å². The standard InChI is InChI=1S/C14H12N2O4/c1-7(17)15-11-6-12-10(3-9(11)4-13(15)19)5-14(20)16(12)8(2)18/h3,6H,4-5H2,1-2H3. The number of anilines is 2. The molecule has 1 aromatic rings. The molecule has 6 nitrogen and oxygen atoms in total. The second-order valence-corrected chi connectivity index (χ2v) is 4.96. The number of fused-ring (bicyclic) bond motifs is 2. The predicted molar refractivity (Wildman–Crippen MR) is 70.2 cm³/mol. The number of carbonyl (C=O) groups is 4. The van der Waals surface area contributed by atoms with Crippen molar-refractivity contribution in [3.05, 3.63) is 23.3 Å². The Bertz CT molecular complexity index is 637. The van der Waals surface area contributed by atoms with Crippen molar-refractivity contribution in [3.63, 3.8) is 0 Å². The smallest absolute Gasteiger partial charge is 0.238 e. The maximum atomic E-state index is 11.8. The molecule has 20 heavy (non-hydrogen) atoms. The number of rotatable bonds is 0. The van der Waals surface area contributed by atoms with Crippen LogP contribution >= 0.6 is 0 Å². The van der Waals surface area contributed by atoms with Crippen LogP contribution in [0, 0.1) is 0 Å². The molecule has 6 heteroatoms. The average Bonchev–Trinajstić information content (AvgIpc) is 2.79. The van der Waals surface area contributed by atoms with Gasteiger partial charge in [-0.3, -0.25) is 29.0 Å². The highest BCUT2D eigenvalue weighted by Gasteiger charge is 2.36. The van der Waals surface area contributed by atoms with Gasteiger partial charge in [0.05, 0.1) is 24.2 Å². The average molecular weight is 272 g/mol. The van der Waals surface area contributed by atoms with Crippen LogP contribution in [-0.2, 0) is 32.0 Å². The molecule has 0 N–H and O–H groups in total. The molecule has 3 rings (SSSR count). The number of hydrogen-bond acceptors (Lipinski definition) is 4. The van der Waals surface area contributed by atoms with Crippen LogP contribution in [0.1, 0.15) is 25.0 Å². The summed E-state index contributed by atoms with van der Waals surface area (Å²) in [5, 5.41) is 0. The maximum Gasteiger partial charge on any atom is 0.238 e. The van der Waals surface area contributed by atoms with Crippen molar-refractivity contribution in [3.8, 4) is 0 Å². The summed E-state index contributed by atoms with van der Waals surface area (Å²) in [5.74, 6) is -1.30. The van der Waals surface area contributed by atoms with Gasteiger partial charge in [-0.25, -0.2) is 0 Å². The second-order valence-electron chi connectivity index (χ2n) is 4.96. The lowest BCUT2D eigenvalue weighted by molar-refractivity contribution is -0.126. The van der Waals surface area contributed by atoms with E-state index in [2.05, 4.69) is 0 Å². The van der Waals surface area contributed by atoms with Gasteiger partial charge in [0.15, 0.2) is 0 Å². The Balaban J connectivity index is 2.16. The summed E-state index contributed by atoms with van der Waals surface area (Å²) >= 11 is 0. The van der Waals surface area contributed by atoms with Gasteiger partial charge in [0.2, 0.25) is 23.6 Å². The van der Waals surface area contributed by atoms with E-state index in [1.807, 2.05) is 0 Å². The molecule has 2 heterocycles. The van der Waals surface area contributed by atoms with Gasteiger partial charge >= 0.3 is 0 Å². The molecular formula is C14H12N2O4. The molecule has 1 aromatic carbocycles. The van der Waals surface area contributed by atoms with Gasteiger partial charge in [0.25, 0.3) is 0 Å². The Morgan fingerprint density at radius 2 is 1.25 bits per heavy atom. The summed E-state index contributed by atoms with van der Waals surface area (Å²) in [6.45, 7) is 2.63. The zero-order valence-electron chi connectivity index (χ0n) is 11.1. The van der Waals surface area contributed by atoms with Gasteiger partial charge in [0, 0.05) is 13.8 Å². The van der Waals surface area contributed by atoms with E-state index in [9.17, 15) is 19.2 Å². The molecule has 4 amide bonds. The summed E-state index contributed by atoms with van der Waals surface area (Å²) < 4.78 is 0. The zero-order valence-corrected chi connectivity index (χ0v) is 11.1. The van der Waals surface area contributed by atoms with E-state index in [0.29, 0.717) is 11.4 Å². The quantitative estimate of drug-likeness (QED) is 0.691. The lowest BCUT2D eigenvalue weighted by Gasteiger charge is -2.17. The first kappa shape index (κ1) is 12.5. The third kappa shape index (κ3) is 1.57. The highest BCUT2D eigenvalue weighted by atomic mass is 16.2. The molecule has 0 radical (unpaired) electrons. The number of amides is 4. The van der Waals surface area contributed by atoms with Crippen molar-refractivity contribution in [2.24, 2.45) is 0 Å². The third-order valence-corrected chi connectivity index (χ3v) is 3.57. The van der Waals surface area contributed by atoms with Gasteiger partial charge < -0.3 is 0 Å². The van der Waals surface area contributed by atoms with Crippen molar-refractivity contribution >= 4 is 35.0 Å². The molecule has 0 saturated carbocycles. The fraction of sp³-hybridized carbons (Fsp3) is 0.286. The SMILES string of the molecule is CC(=O)N1C(=O)Cc2cc3c(cc21)N(C(C)=O)C(=O)C3. The molecule has 0 atom stereocenters. The Labute approximate surface area is 115 Å². The van der Waals surface area contributed by atoms with E-state index in [1.165, 1.54) is 13.8 Å². The summed E-state index contributed by atoms with van der Waals surface area (Å²) in [5.41, 5.74) is 2.40. The number of imide groups is 2. The second kappa shape index (κ2) is 4.00. The lowest BCUT2D eigenvalue weighted by atomic mass is 10.1. The first-order chi connectivity index (χ1) is 9.40. The minimum absolute atomic E-state index is 0.149. The van der Waals surface area contributed by atoms with Crippen LogP contribution in [0.5, 0.6) is 0 Å². The normalized spacial score (nSPS) is 16.5. The summed E-state index contributed by atoms with van der Waals surface area (Å²) in [6.07, 6.45) is 0.299. The molecule has 2 aliphatic heterocycles. The van der Waals surface area contributed by atoms with Crippen molar-refractivity contribution in [1.29, 1.82) is 0 Å². The van der Waals surface area contributed by atoms with Crippen LogP contribution in [0.2, 0.25) is 0 Å². The van der Waals surface area contributed by atoms with Crippen LogP contribution in [0.4, 0.5) is 11.4 Å². The van der Waals surface area contributed by atoms with Crippen molar-refractivity contribution in [1.82, 2.24) is 0 Å². The van der Waals surface area contributed by atoms with Crippen LogP contribution < -0.4 is 9.80 Å². The molecule has 0 aliphatic carbocycles. The molecule has 0 unspecified atom stereocenters. The van der Waals surface area contributed by atoms with E-state index in [-0.39, 0.29) is 36.5 Å². The minimum atomic E-state index is -0.368. The summed E-state index contributed by atoms with van der Waals surface area (Å²) in [6, 6.07) is 3.33. The minimum Gasteiger partial charge on any atom is -0.274 e. The molecular weight excluding hydrogens is 260 g/mol. The van der Waals surface area contributed by atoms with Crippen molar-refractivity contribution < 1.29 is 19.2 Å². The van der Waals surface area contributed by atoms with Crippen molar-refractivity contribution in [2.75, 3.05) is 9.80 Å². The molecule has 0 saturated heterocycles. The van der Waals surface area contributed by atoms with E-state index >= 15 is 0 Å².